The summed E-state index contributed by atoms with van der Waals surface area (Å²) in [5.41, 5.74) is 0.974. The van der Waals surface area contributed by atoms with E-state index in [1.807, 2.05) is 0 Å². The maximum atomic E-state index is 12.5. The van der Waals surface area contributed by atoms with Crippen molar-refractivity contribution in [3.8, 4) is 17.2 Å². The number of rotatable bonds is 6. The fourth-order valence-corrected chi connectivity index (χ4v) is 2.39. The molecular weight excluding hydrogens is 350 g/mol. The van der Waals surface area contributed by atoms with Crippen LogP contribution in [0.3, 0.4) is 0 Å². The van der Waals surface area contributed by atoms with Crippen molar-refractivity contribution in [2.24, 2.45) is 0 Å². The van der Waals surface area contributed by atoms with Crippen LogP contribution in [-0.2, 0) is 11.3 Å². The second-order valence-electron chi connectivity index (χ2n) is 5.48. The van der Waals surface area contributed by atoms with Gasteiger partial charge < -0.3 is 14.8 Å². The molecule has 3 rings (SSSR count). The van der Waals surface area contributed by atoms with E-state index in [0.29, 0.717) is 11.6 Å². The zero-order chi connectivity index (χ0) is 19.2. The number of hydrogen-bond donors (Lipinski definition) is 1. The monoisotopic (exact) mass is 367 g/mol. The molecule has 138 valence electrons. The Labute approximate surface area is 154 Å². The summed E-state index contributed by atoms with van der Waals surface area (Å²) < 4.78 is 11.7. The topological polar surface area (TPSA) is 108 Å². The molecule has 1 heterocycles. The van der Waals surface area contributed by atoms with Crippen molar-refractivity contribution in [1.29, 1.82) is 0 Å². The van der Waals surface area contributed by atoms with E-state index in [1.54, 1.807) is 55.6 Å². The van der Waals surface area contributed by atoms with Gasteiger partial charge in [0.1, 0.15) is 11.5 Å². The van der Waals surface area contributed by atoms with Crippen LogP contribution in [0.15, 0.2) is 48.5 Å². The minimum Gasteiger partial charge on any atom is -0.497 e. The van der Waals surface area contributed by atoms with E-state index < -0.39 is 11.9 Å². The highest BCUT2D eigenvalue weighted by Gasteiger charge is 2.15. The van der Waals surface area contributed by atoms with Gasteiger partial charge in [-0.3, -0.25) is 9.59 Å². The number of amides is 1. The Morgan fingerprint density at radius 3 is 2.56 bits per heavy atom. The summed E-state index contributed by atoms with van der Waals surface area (Å²) >= 11 is 0. The maximum Gasteiger partial charge on any atom is 0.308 e. The van der Waals surface area contributed by atoms with E-state index in [-0.39, 0.29) is 17.9 Å². The largest absolute Gasteiger partial charge is 0.497 e. The molecule has 0 saturated heterocycles. The number of aromatic nitrogens is 4. The molecule has 0 fully saturated rings. The molecule has 1 N–H and O–H groups in total. The summed E-state index contributed by atoms with van der Waals surface area (Å²) in [4.78, 5) is 23.7. The number of carbonyl (C=O) groups excluding carboxylic acids is 2. The summed E-state index contributed by atoms with van der Waals surface area (Å²) in [5, 5.41) is 14.3. The van der Waals surface area contributed by atoms with Crippen molar-refractivity contribution in [3.63, 3.8) is 0 Å². The molecule has 0 radical (unpaired) electrons. The van der Waals surface area contributed by atoms with Gasteiger partial charge in [0, 0.05) is 6.92 Å². The highest BCUT2D eigenvalue weighted by Crippen LogP contribution is 2.18. The van der Waals surface area contributed by atoms with Crippen LogP contribution in [0.5, 0.6) is 11.5 Å². The van der Waals surface area contributed by atoms with Gasteiger partial charge in [0.25, 0.3) is 5.91 Å². The fraction of sp³-hybridized carbons (Fsp3) is 0.167. The molecule has 1 amide bonds. The molecule has 0 atom stereocenters. The minimum atomic E-state index is -0.501. The summed E-state index contributed by atoms with van der Waals surface area (Å²) in [5.74, 6) is 0.439. The van der Waals surface area contributed by atoms with Crippen LogP contribution in [0, 0.1) is 0 Å². The zero-order valence-corrected chi connectivity index (χ0v) is 14.7. The number of methoxy groups -OCH3 is 1. The van der Waals surface area contributed by atoms with Crippen LogP contribution in [0.1, 0.15) is 23.1 Å². The predicted octanol–water partition coefficient (Wildman–Crippen LogP) is 1.53. The van der Waals surface area contributed by atoms with Crippen molar-refractivity contribution in [2.75, 3.05) is 7.11 Å². The summed E-state index contributed by atoms with van der Waals surface area (Å²) in [7, 11) is 1.58. The molecule has 0 aliphatic heterocycles. The Morgan fingerprint density at radius 2 is 1.85 bits per heavy atom. The van der Waals surface area contributed by atoms with Crippen molar-refractivity contribution in [1.82, 2.24) is 25.5 Å². The van der Waals surface area contributed by atoms with Crippen LogP contribution in [0.25, 0.3) is 5.69 Å². The number of ether oxygens (including phenoxy) is 2. The van der Waals surface area contributed by atoms with Gasteiger partial charge in [-0.2, -0.15) is 4.68 Å². The first-order valence-electron chi connectivity index (χ1n) is 8.06. The second-order valence-corrected chi connectivity index (χ2v) is 5.48. The molecule has 0 saturated carbocycles. The van der Waals surface area contributed by atoms with Crippen LogP contribution in [-0.4, -0.2) is 39.2 Å². The average molecular weight is 367 g/mol. The molecule has 0 aliphatic carbocycles. The molecule has 0 aliphatic rings. The van der Waals surface area contributed by atoms with Gasteiger partial charge in [-0.1, -0.05) is 12.1 Å². The Morgan fingerprint density at radius 1 is 1.11 bits per heavy atom. The van der Waals surface area contributed by atoms with Gasteiger partial charge in [0.2, 0.25) is 0 Å². The molecule has 1 aromatic heterocycles. The van der Waals surface area contributed by atoms with E-state index in [4.69, 9.17) is 9.47 Å². The van der Waals surface area contributed by atoms with Crippen LogP contribution in [0.4, 0.5) is 0 Å². The molecule has 0 unspecified atom stereocenters. The van der Waals surface area contributed by atoms with E-state index in [9.17, 15) is 9.59 Å². The first-order chi connectivity index (χ1) is 13.1. The van der Waals surface area contributed by atoms with Crippen molar-refractivity contribution in [3.05, 3.63) is 59.9 Å². The smallest absolute Gasteiger partial charge is 0.308 e. The Kier molecular flexibility index (Phi) is 5.41. The lowest BCUT2D eigenvalue weighted by atomic mass is 10.2. The predicted molar refractivity (Wildman–Crippen MR) is 94.6 cm³/mol. The lowest BCUT2D eigenvalue weighted by Crippen LogP contribution is -2.25. The highest BCUT2D eigenvalue weighted by molar-refractivity contribution is 5.97. The van der Waals surface area contributed by atoms with Crippen LogP contribution >= 0.6 is 0 Å². The summed E-state index contributed by atoms with van der Waals surface area (Å²) in [6.45, 7) is 1.37. The van der Waals surface area contributed by atoms with Crippen molar-refractivity contribution in [2.45, 2.75) is 13.5 Å². The number of nitrogens with one attached hydrogen (secondary N) is 1. The van der Waals surface area contributed by atoms with Crippen LogP contribution in [0.2, 0.25) is 0 Å². The van der Waals surface area contributed by atoms with Crippen LogP contribution < -0.4 is 14.8 Å². The Balaban J connectivity index is 1.74. The standard InChI is InChI=1S/C18H17N5O4/c1-12(24)27-16-6-4-3-5-15(16)18(25)19-11-17-20-21-22-23(17)13-7-9-14(26-2)10-8-13/h3-10H,11H2,1-2H3,(H,19,25). The van der Waals surface area contributed by atoms with E-state index in [2.05, 4.69) is 20.8 Å². The number of tetrazole rings is 1. The molecule has 0 spiro atoms. The molecule has 9 nitrogen and oxygen atoms in total. The van der Waals surface area contributed by atoms with Gasteiger partial charge in [-0.05, 0) is 46.8 Å². The fourth-order valence-electron chi connectivity index (χ4n) is 2.39. The Bertz CT molecular complexity index is 952. The number of carbonyl (C=O) groups is 2. The summed E-state index contributed by atoms with van der Waals surface area (Å²) in [6, 6.07) is 13.7. The first-order valence-corrected chi connectivity index (χ1v) is 8.06. The molecule has 27 heavy (non-hydrogen) atoms. The Hall–Kier alpha value is -3.75. The third kappa shape index (κ3) is 4.27. The molecule has 3 aromatic rings. The molecular formula is C18H17N5O4. The van der Waals surface area contributed by atoms with Gasteiger partial charge in [0.05, 0.1) is 24.9 Å². The quantitative estimate of drug-likeness (QED) is 0.520. The lowest BCUT2D eigenvalue weighted by molar-refractivity contribution is -0.131. The normalized spacial score (nSPS) is 10.3. The number of para-hydroxylation sites is 1. The molecule has 9 heteroatoms. The van der Waals surface area contributed by atoms with Crippen molar-refractivity contribution >= 4 is 11.9 Å². The zero-order valence-electron chi connectivity index (χ0n) is 14.7. The third-order valence-corrected chi connectivity index (χ3v) is 3.64. The van der Waals surface area contributed by atoms with Gasteiger partial charge >= 0.3 is 5.97 Å². The van der Waals surface area contributed by atoms with E-state index in [0.717, 1.165) is 5.69 Å². The second kappa shape index (κ2) is 8.09. The van der Waals surface area contributed by atoms with Crippen molar-refractivity contribution < 1.29 is 19.1 Å². The van der Waals surface area contributed by atoms with Gasteiger partial charge in [-0.15, -0.1) is 5.10 Å². The number of hydrogen-bond acceptors (Lipinski definition) is 7. The first kappa shape index (κ1) is 18.1. The number of esters is 1. The maximum absolute atomic E-state index is 12.5. The van der Waals surface area contributed by atoms with Gasteiger partial charge in [0.15, 0.2) is 5.82 Å². The summed E-state index contributed by atoms with van der Waals surface area (Å²) in [6.07, 6.45) is 0. The number of benzene rings is 2. The van der Waals surface area contributed by atoms with E-state index in [1.165, 1.54) is 11.6 Å². The SMILES string of the molecule is COc1ccc(-n2nnnc2CNC(=O)c2ccccc2OC(C)=O)cc1. The highest BCUT2D eigenvalue weighted by atomic mass is 16.5. The molecule has 2 aromatic carbocycles. The lowest BCUT2D eigenvalue weighted by Gasteiger charge is -2.10. The van der Waals surface area contributed by atoms with Gasteiger partial charge in [-0.25, -0.2) is 0 Å². The third-order valence-electron chi connectivity index (χ3n) is 3.64. The molecule has 0 bridgehead atoms. The van der Waals surface area contributed by atoms with E-state index >= 15 is 0 Å². The average Bonchev–Trinajstić information content (AvgIpc) is 3.15. The number of nitrogens with zero attached hydrogens (tertiary/aromatic N) is 4. The minimum absolute atomic E-state index is 0.0896.